The van der Waals surface area contributed by atoms with Gasteiger partial charge in [-0.15, -0.1) is 0 Å². The Labute approximate surface area is 103 Å². The summed E-state index contributed by atoms with van der Waals surface area (Å²) < 4.78 is 0. The van der Waals surface area contributed by atoms with Gasteiger partial charge in [-0.25, -0.2) is 0 Å². The molecular weight excluding hydrogens is 216 g/mol. The first-order valence-electron chi connectivity index (χ1n) is 6.55. The standard InChI is InChI=1S/C13H22N2O2/c1-8(16)14-6-12-4-11-3-10(12)5-13(11)7-15-9(2)17/h10-13H,3-7H2,1-2H3,(H,14,16)(H,15,17). The summed E-state index contributed by atoms with van der Waals surface area (Å²) in [6.45, 7) is 4.83. The van der Waals surface area contributed by atoms with Gasteiger partial charge in [0.1, 0.15) is 0 Å². The number of amides is 2. The molecule has 0 heterocycles. The van der Waals surface area contributed by atoms with Crippen LogP contribution in [0.1, 0.15) is 33.1 Å². The van der Waals surface area contributed by atoms with E-state index in [4.69, 9.17) is 0 Å². The van der Waals surface area contributed by atoms with Gasteiger partial charge in [0.05, 0.1) is 0 Å². The van der Waals surface area contributed by atoms with E-state index < -0.39 is 0 Å². The molecule has 2 amide bonds. The molecule has 17 heavy (non-hydrogen) atoms. The molecule has 96 valence electrons. The van der Waals surface area contributed by atoms with Crippen molar-refractivity contribution in [2.75, 3.05) is 13.1 Å². The molecule has 2 bridgehead atoms. The highest BCUT2D eigenvalue weighted by Crippen LogP contribution is 2.51. The van der Waals surface area contributed by atoms with Gasteiger partial charge in [0, 0.05) is 26.9 Å². The third-order valence-corrected chi connectivity index (χ3v) is 4.38. The van der Waals surface area contributed by atoms with Crippen LogP contribution in [0.15, 0.2) is 0 Å². The maximum atomic E-state index is 10.9. The van der Waals surface area contributed by atoms with E-state index in [0.717, 1.165) is 24.9 Å². The zero-order valence-electron chi connectivity index (χ0n) is 10.7. The first-order valence-corrected chi connectivity index (χ1v) is 6.55. The predicted octanol–water partition coefficient (Wildman–Crippen LogP) is 0.921. The van der Waals surface area contributed by atoms with Crippen molar-refractivity contribution in [1.29, 1.82) is 0 Å². The fourth-order valence-corrected chi connectivity index (χ4v) is 3.56. The largest absolute Gasteiger partial charge is 0.356 e. The van der Waals surface area contributed by atoms with Crippen LogP contribution in [0.4, 0.5) is 0 Å². The monoisotopic (exact) mass is 238 g/mol. The summed E-state index contributed by atoms with van der Waals surface area (Å²) in [5.74, 6) is 2.98. The Hall–Kier alpha value is -1.06. The van der Waals surface area contributed by atoms with Crippen molar-refractivity contribution in [1.82, 2.24) is 10.6 Å². The topological polar surface area (TPSA) is 58.2 Å². The lowest BCUT2D eigenvalue weighted by Crippen LogP contribution is -2.34. The van der Waals surface area contributed by atoms with Gasteiger partial charge < -0.3 is 10.6 Å². The molecule has 2 N–H and O–H groups in total. The minimum Gasteiger partial charge on any atom is -0.356 e. The Kier molecular flexibility index (Phi) is 3.69. The molecule has 2 aliphatic carbocycles. The molecule has 0 aromatic heterocycles. The van der Waals surface area contributed by atoms with Crippen molar-refractivity contribution >= 4 is 11.8 Å². The highest BCUT2D eigenvalue weighted by molar-refractivity contribution is 5.73. The molecule has 2 rings (SSSR count). The summed E-state index contributed by atoms with van der Waals surface area (Å²) in [5, 5.41) is 5.86. The van der Waals surface area contributed by atoms with E-state index in [2.05, 4.69) is 10.6 Å². The number of rotatable bonds is 4. The van der Waals surface area contributed by atoms with Crippen LogP contribution < -0.4 is 10.6 Å². The van der Waals surface area contributed by atoms with Crippen molar-refractivity contribution in [2.24, 2.45) is 23.7 Å². The molecule has 4 heteroatoms. The zero-order valence-corrected chi connectivity index (χ0v) is 10.7. The summed E-state index contributed by atoms with van der Waals surface area (Å²) >= 11 is 0. The molecule has 0 spiro atoms. The summed E-state index contributed by atoms with van der Waals surface area (Å²) in [6.07, 6.45) is 3.72. The van der Waals surface area contributed by atoms with Crippen LogP contribution in [0.2, 0.25) is 0 Å². The van der Waals surface area contributed by atoms with Gasteiger partial charge in [-0.2, -0.15) is 0 Å². The number of carbonyl (C=O) groups excluding carboxylic acids is 2. The highest BCUT2D eigenvalue weighted by atomic mass is 16.2. The first kappa shape index (κ1) is 12.4. The fourth-order valence-electron chi connectivity index (χ4n) is 3.56. The predicted molar refractivity (Wildman–Crippen MR) is 65.2 cm³/mol. The second-order valence-corrected chi connectivity index (χ2v) is 5.62. The first-order chi connectivity index (χ1) is 8.06. The van der Waals surface area contributed by atoms with E-state index >= 15 is 0 Å². The lowest BCUT2D eigenvalue weighted by atomic mass is 9.82. The molecular formula is C13H22N2O2. The van der Waals surface area contributed by atoms with Gasteiger partial charge in [0.25, 0.3) is 0 Å². The molecule has 0 aliphatic heterocycles. The molecule has 4 nitrogen and oxygen atoms in total. The van der Waals surface area contributed by atoms with Crippen molar-refractivity contribution in [3.8, 4) is 0 Å². The van der Waals surface area contributed by atoms with Gasteiger partial charge >= 0.3 is 0 Å². The van der Waals surface area contributed by atoms with Crippen LogP contribution in [0, 0.1) is 23.7 Å². The molecule has 4 unspecified atom stereocenters. The van der Waals surface area contributed by atoms with Crippen LogP contribution in [-0.2, 0) is 9.59 Å². The SMILES string of the molecule is CC(=O)NCC1CC2CC1CC2CNC(C)=O. The van der Waals surface area contributed by atoms with Crippen LogP contribution in [0.5, 0.6) is 0 Å². The normalized spacial score (nSPS) is 34.7. The van der Waals surface area contributed by atoms with E-state index in [1.807, 2.05) is 0 Å². The maximum absolute atomic E-state index is 10.9. The maximum Gasteiger partial charge on any atom is 0.216 e. The summed E-state index contributed by atoms with van der Waals surface area (Å²) in [7, 11) is 0. The zero-order chi connectivity index (χ0) is 12.4. The second kappa shape index (κ2) is 5.07. The minimum absolute atomic E-state index is 0.0718. The number of nitrogens with one attached hydrogen (secondary N) is 2. The van der Waals surface area contributed by atoms with Crippen LogP contribution in [0.3, 0.4) is 0 Å². The summed E-state index contributed by atoms with van der Waals surface area (Å²) in [6, 6.07) is 0. The molecule has 0 aromatic rings. The third-order valence-electron chi connectivity index (χ3n) is 4.38. The van der Waals surface area contributed by atoms with E-state index in [1.54, 1.807) is 13.8 Å². The number of fused-ring (bicyclic) bond motifs is 2. The summed E-state index contributed by atoms with van der Waals surface area (Å²) in [4.78, 5) is 21.8. The quantitative estimate of drug-likeness (QED) is 0.765. The minimum atomic E-state index is 0.0718. The van der Waals surface area contributed by atoms with Crippen LogP contribution in [-0.4, -0.2) is 24.9 Å². The Morgan fingerprint density at radius 3 is 1.59 bits per heavy atom. The van der Waals surface area contributed by atoms with E-state index in [0.29, 0.717) is 11.8 Å². The van der Waals surface area contributed by atoms with Gasteiger partial charge in [-0.05, 0) is 42.9 Å². The molecule has 2 saturated carbocycles. The molecule has 0 saturated heterocycles. The van der Waals surface area contributed by atoms with Crippen LogP contribution >= 0.6 is 0 Å². The smallest absolute Gasteiger partial charge is 0.216 e. The Morgan fingerprint density at radius 1 is 0.882 bits per heavy atom. The molecule has 4 atom stereocenters. The lowest BCUT2D eigenvalue weighted by molar-refractivity contribution is -0.120. The number of hydrogen-bond acceptors (Lipinski definition) is 2. The molecule has 0 radical (unpaired) electrons. The van der Waals surface area contributed by atoms with Crippen molar-refractivity contribution in [3.05, 3.63) is 0 Å². The third kappa shape index (κ3) is 2.99. The Morgan fingerprint density at radius 2 is 1.29 bits per heavy atom. The second-order valence-electron chi connectivity index (χ2n) is 5.62. The average molecular weight is 238 g/mol. The van der Waals surface area contributed by atoms with Crippen LogP contribution in [0.25, 0.3) is 0 Å². The van der Waals surface area contributed by atoms with Gasteiger partial charge in [-0.3, -0.25) is 9.59 Å². The van der Waals surface area contributed by atoms with Crippen molar-refractivity contribution in [2.45, 2.75) is 33.1 Å². The molecule has 0 aromatic carbocycles. The van der Waals surface area contributed by atoms with Crippen molar-refractivity contribution < 1.29 is 9.59 Å². The summed E-state index contributed by atoms with van der Waals surface area (Å²) in [5.41, 5.74) is 0. The molecule has 2 aliphatic rings. The molecule has 2 fully saturated rings. The number of hydrogen-bond donors (Lipinski definition) is 2. The average Bonchev–Trinajstić information content (AvgIpc) is 2.82. The number of carbonyl (C=O) groups is 2. The van der Waals surface area contributed by atoms with Crippen molar-refractivity contribution in [3.63, 3.8) is 0 Å². The Balaban J connectivity index is 1.75. The van der Waals surface area contributed by atoms with Gasteiger partial charge in [0.15, 0.2) is 0 Å². The lowest BCUT2D eigenvalue weighted by Gasteiger charge is -2.28. The van der Waals surface area contributed by atoms with Gasteiger partial charge in [-0.1, -0.05) is 0 Å². The van der Waals surface area contributed by atoms with E-state index in [1.165, 1.54) is 19.3 Å². The Bertz CT molecular complexity index is 287. The highest BCUT2D eigenvalue weighted by Gasteiger charge is 2.45. The van der Waals surface area contributed by atoms with Gasteiger partial charge in [0.2, 0.25) is 11.8 Å². The fraction of sp³-hybridized carbons (Fsp3) is 0.846. The van der Waals surface area contributed by atoms with E-state index in [-0.39, 0.29) is 11.8 Å². The van der Waals surface area contributed by atoms with E-state index in [9.17, 15) is 9.59 Å².